The van der Waals surface area contributed by atoms with E-state index in [0.717, 1.165) is 33.4 Å². The Morgan fingerprint density at radius 3 is 2.74 bits per heavy atom. The normalized spacial score (nSPS) is 11.1. The van der Waals surface area contributed by atoms with Gasteiger partial charge in [-0.15, -0.1) is 0 Å². The van der Waals surface area contributed by atoms with Crippen molar-refractivity contribution in [2.75, 3.05) is 0 Å². The molecule has 0 aliphatic heterocycles. The van der Waals surface area contributed by atoms with Crippen LogP contribution in [0.25, 0.3) is 22.2 Å². The summed E-state index contributed by atoms with van der Waals surface area (Å²) in [6.45, 7) is 2.02. The largest absolute Gasteiger partial charge is 0.392 e. The molecule has 19 heavy (non-hydrogen) atoms. The second kappa shape index (κ2) is 4.48. The van der Waals surface area contributed by atoms with Gasteiger partial charge >= 0.3 is 0 Å². The zero-order valence-corrected chi connectivity index (χ0v) is 11.0. The van der Waals surface area contributed by atoms with Crippen molar-refractivity contribution in [1.29, 1.82) is 0 Å². The second-order valence-electron chi connectivity index (χ2n) is 4.61. The zero-order valence-electron chi connectivity index (χ0n) is 11.0. The fourth-order valence-corrected chi connectivity index (χ4v) is 2.27. The molecule has 1 N–H and O–H groups in total. The van der Waals surface area contributed by atoms with E-state index < -0.39 is 0 Å². The molecule has 0 radical (unpaired) electrons. The molecule has 96 valence electrons. The average molecular weight is 253 g/mol. The molecule has 3 rings (SSSR count). The lowest BCUT2D eigenvalue weighted by atomic mass is 10.1. The number of aryl methyl sites for hydroxylation is 1. The van der Waals surface area contributed by atoms with Crippen molar-refractivity contribution in [3.8, 4) is 11.3 Å². The molecule has 0 fully saturated rings. The van der Waals surface area contributed by atoms with Gasteiger partial charge in [0.2, 0.25) is 0 Å². The molecular weight excluding hydrogens is 238 g/mol. The maximum atomic E-state index is 9.53. The number of pyridine rings is 1. The lowest BCUT2D eigenvalue weighted by Crippen LogP contribution is -1.95. The monoisotopic (exact) mass is 253 g/mol. The van der Waals surface area contributed by atoms with Crippen molar-refractivity contribution in [2.24, 2.45) is 7.05 Å². The Balaban J connectivity index is 2.28. The average Bonchev–Trinajstić information content (AvgIpc) is 2.78. The number of para-hydroxylation sites is 1. The molecule has 3 aromatic rings. The first-order valence-electron chi connectivity index (χ1n) is 6.19. The highest BCUT2D eigenvalue weighted by molar-refractivity contribution is 5.85. The minimum Gasteiger partial charge on any atom is -0.392 e. The SMILES string of the molecule is Cc1c(-c2cc(CO)c3ccccc3n2)cnn1C. The number of hydrogen-bond acceptors (Lipinski definition) is 3. The maximum absolute atomic E-state index is 9.53. The lowest BCUT2D eigenvalue weighted by Gasteiger charge is -2.07. The van der Waals surface area contributed by atoms with E-state index in [4.69, 9.17) is 0 Å². The van der Waals surface area contributed by atoms with E-state index in [1.807, 2.05) is 55.2 Å². The summed E-state index contributed by atoms with van der Waals surface area (Å²) >= 11 is 0. The van der Waals surface area contributed by atoms with Crippen molar-refractivity contribution >= 4 is 10.9 Å². The Morgan fingerprint density at radius 1 is 1.26 bits per heavy atom. The van der Waals surface area contributed by atoms with E-state index in [-0.39, 0.29) is 6.61 Å². The fraction of sp³-hybridized carbons (Fsp3) is 0.200. The minimum atomic E-state index is 0.00927. The number of aliphatic hydroxyl groups excluding tert-OH is 1. The third-order valence-electron chi connectivity index (χ3n) is 3.48. The van der Waals surface area contributed by atoms with Crippen LogP contribution in [0.4, 0.5) is 0 Å². The summed E-state index contributed by atoms with van der Waals surface area (Å²) in [5.41, 5.74) is 4.71. The quantitative estimate of drug-likeness (QED) is 0.763. The minimum absolute atomic E-state index is 0.00927. The Morgan fingerprint density at radius 2 is 2.05 bits per heavy atom. The number of fused-ring (bicyclic) bond motifs is 1. The van der Waals surface area contributed by atoms with E-state index in [0.29, 0.717) is 0 Å². The van der Waals surface area contributed by atoms with Gasteiger partial charge in [0.15, 0.2) is 0 Å². The van der Waals surface area contributed by atoms with Crippen LogP contribution in [0, 0.1) is 6.92 Å². The summed E-state index contributed by atoms with van der Waals surface area (Å²) in [7, 11) is 1.91. The molecule has 0 saturated heterocycles. The molecular formula is C15H15N3O. The number of rotatable bonds is 2. The van der Waals surface area contributed by atoms with E-state index in [9.17, 15) is 5.11 Å². The number of aliphatic hydroxyl groups is 1. The van der Waals surface area contributed by atoms with Gasteiger partial charge in [0.1, 0.15) is 0 Å². The Hall–Kier alpha value is -2.20. The van der Waals surface area contributed by atoms with Crippen molar-refractivity contribution < 1.29 is 5.11 Å². The zero-order chi connectivity index (χ0) is 13.4. The molecule has 2 aromatic heterocycles. The van der Waals surface area contributed by atoms with Crippen LogP contribution in [0.15, 0.2) is 36.5 Å². The van der Waals surface area contributed by atoms with Gasteiger partial charge < -0.3 is 5.11 Å². The molecule has 0 unspecified atom stereocenters. The first-order chi connectivity index (χ1) is 9.20. The summed E-state index contributed by atoms with van der Waals surface area (Å²) in [4.78, 5) is 4.66. The Kier molecular flexibility index (Phi) is 2.80. The highest BCUT2D eigenvalue weighted by atomic mass is 16.3. The molecule has 4 nitrogen and oxygen atoms in total. The summed E-state index contributed by atoms with van der Waals surface area (Å²) < 4.78 is 1.82. The van der Waals surface area contributed by atoms with Crippen LogP contribution in [0.5, 0.6) is 0 Å². The summed E-state index contributed by atoms with van der Waals surface area (Å²) in [6, 6.07) is 9.79. The van der Waals surface area contributed by atoms with Crippen LogP contribution in [0.3, 0.4) is 0 Å². The molecule has 1 aromatic carbocycles. The van der Waals surface area contributed by atoms with Gasteiger partial charge in [-0.1, -0.05) is 18.2 Å². The number of hydrogen-bond donors (Lipinski definition) is 1. The third kappa shape index (κ3) is 1.90. The Labute approximate surface area is 111 Å². The topological polar surface area (TPSA) is 50.9 Å². The van der Waals surface area contributed by atoms with Gasteiger partial charge in [0.05, 0.1) is 24.0 Å². The van der Waals surface area contributed by atoms with Crippen LogP contribution in [0.2, 0.25) is 0 Å². The molecule has 0 aliphatic carbocycles. The van der Waals surface area contributed by atoms with Crippen molar-refractivity contribution in [1.82, 2.24) is 14.8 Å². The molecule has 4 heteroatoms. The third-order valence-corrected chi connectivity index (χ3v) is 3.48. The smallest absolute Gasteiger partial charge is 0.0747 e. The standard InChI is InChI=1S/C15H15N3O/c1-10-13(8-16-18(10)2)15-7-11(9-19)12-5-3-4-6-14(12)17-15/h3-8,19H,9H2,1-2H3. The predicted molar refractivity (Wildman–Crippen MR) is 74.6 cm³/mol. The summed E-state index contributed by atoms with van der Waals surface area (Å²) in [5, 5.41) is 14.8. The van der Waals surface area contributed by atoms with Crippen LogP contribution < -0.4 is 0 Å². The van der Waals surface area contributed by atoms with Crippen LogP contribution in [-0.4, -0.2) is 19.9 Å². The number of aromatic nitrogens is 3. The van der Waals surface area contributed by atoms with Crippen molar-refractivity contribution in [2.45, 2.75) is 13.5 Å². The highest BCUT2D eigenvalue weighted by Gasteiger charge is 2.11. The van der Waals surface area contributed by atoms with Gasteiger partial charge in [-0.2, -0.15) is 5.10 Å². The molecule has 2 heterocycles. The first kappa shape index (κ1) is 11.9. The fourth-order valence-electron chi connectivity index (χ4n) is 2.27. The van der Waals surface area contributed by atoms with Crippen LogP contribution in [0.1, 0.15) is 11.3 Å². The van der Waals surface area contributed by atoms with E-state index in [1.54, 1.807) is 0 Å². The number of benzene rings is 1. The number of nitrogens with zero attached hydrogens (tertiary/aromatic N) is 3. The molecule has 0 atom stereocenters. The van der Waals surface area contributed by atoms with Gasteiger partial charge in [0, 0.05) is 23.7 Å². The Bertz CT molecular complexity index is 746. The second-order valence-corrected chi connectivity index (χ2v) is 4.61. The van der Waals surface area contributed by atoms with Gasteiger partial charge in [-0.3, -0.25) is 4.68 Å². The molecule has 0 spiro atoms. The first-order valence-corrected chi connectivity index (χ1v) is 6.19. The summed E-state index contributed by atoms with van der Waals surface area (Å²) in [5.74, 6) is 0. The van der Waals surface area contributed by atoms with E-state index in [1.165, 1.54) is 0 Å². The van der Waals surface area contributed by atoms with E-state index in [2.05, 4.69) is 10.1 Å². The maximum Gasteiger partial charge on any atom is 0.0747 e. The predicted octanol–water partition coefficient (Wildman–Crippen LogP) is 2.44. The van der Waals surface area contributed by atoms with Crippen LogP contribution in [-0.2, 0) is 13.7 Å². The highest BCUT2D eigenvalue weighted by Crippen LogP contribution is 2.26. The lowest BCUT2D eigenvalue weighted by molar-refractivity contribution is 0.283. The molecule has 0 aliphatic rings. The van der Waals surface area contributed by atoms with Crippen molar-refractivity contribution in [3.63, 3.8) is 0 Å². The van der Waals surface area contributed by atoms with Crippen LogP contribution >= 0.6 is 0 Å². The van der Waals surface area contributed by atoms with Gasteiger partial charge in [0.25, 0.3) is 0 Å². The summed E-state index contributed by atoms with van der Waals surface area (Å²) in [6.07, 6.45) is 1.81. The van der Waals surface area contributed by atoms with Gasteiger partial charge in [-0.25, -0.2) is 4.98 Å². The molecule has 0 bridgehead atoms. The van der Waals surface area contributed by atoms with Crippen molar-refractivity contribution in [3.05, 3.63) is 47.8 Å². The van der Waals surface area contributed by atoms with E-state index >= 15 is 0 Å². The molecule has 0 amide bonds. The van der Waals surface area contributed by atoms with Gasteiger partial charge in [-0.05, 0) is 24.6 Å². The molecule has 0 saturated carbocycles.